The Morgan fingerprint density at radius 2 is 1.61 bits per heavy atom. The first-order chi connectivity index (χ1) is 13.6. The van der Waals surface area contributed by atoms with Gasteiger partial charge in [0.25, 0.3) is 11.8 Å². The molecule has 0 aromatic heterocycles. The molecular weight excluding hydrogens is 358 g/mol. The van der Waals surface area contributed by atoms with Gasteiger partial charge in [-0.2, -0.15) is 0 Å². The first-order valence-electron chi connectivity index (χ1n) is 9.35. The van der Waals surface area contributed by atoms with Crippen LogP contribution in [0.25, 0.3) is 0 Å². The lowest BCUT2D eigenvalue weighted by Crippen LogP contribution is -2.47. The highest BCUT2D eigenvalue weighted by Gasteiger charge is 2.20. The van der Waals surface area contributed by atoms with E-state index in [0.29, 0.717) is 23.4 Å². The van der Waals surface area contributed by atoms with Crippen LogP contribution in [0.5, 0.6) is 11.5 Å². The van der Waals surface area contributed by atoms with Crippen LogP contribution >= 0.6 is 0 Å². The number of hydrogen-bond acceptors (Lipinski definition) is 5. The molecule has 0 atom stereocenters. The molecule has 1 N–H and O–H groups in total. The second-order valence-corrected chi connectivity index (χ2v) is 7.04. The Hall–Kier alpha value is -3.06. The monoisotopic (exact) mass is 381 g/mol. The van der Waals surface area contributed by atoms with Crippen molar-refractivity contribution in [2.45, 2.75) is 6.54 Å². The molecule has 7 nitrogen and oxygen atoms in total. The molecule has 2 amide bonds. The summed E-state index contributed by atoms with van der Waals surface area (Å²) in [7, 11) is 2.05. The van der Waals surface area contributed by atoms with Crippen molar-refractivity contribution in [3.63, 3.8) is 0 Å². The first kappa shape index (κ1) is 18.3. The minimum atomic E-state index is -0.184. The van der Waals surface area contributed by atoms with Gasteiger partial charge in [-0.1, -0.05) is 6.07 Å². The van der Waals surface area contributed by atoms with E-state index in [1.807, 2.05) is 23.1 Å². The predicted octanol–water partition coefficient (Wildman–Crippen LogP) is 1.73. The van der Waals surface area contributed by atoms with Crippen molar-refractivity contribution in [1.29, 1.82) is 0 Å². The predicted molar refractivity (Wildman–Crippen MR) is 104 cm³/mol. The van der Waals surface area contributed by atoms with E-state index in [1.54, 1.807) is 24.3 Å². The fourth-order valence-corrected chi connectivity index (χ4v) is 3.29. The molecular formula is C21H23N3O4. The molecule has 0 unspecified atom stereocenters. The molecule has 28 heavy (non-hydrogen) atoms. The van der Waals surface area contributed by atoms with Gasteiger partial charge in [0.15, 0.2) is 11.5 Å². The summed E-state index contributed by atoms with van der Waals surface area (Å²) in [5.41, 5.74) is 2.06. The number of amides is 2. The van der Waals surface area contributed by atoms with Gasteiger partial charge in [-0.05, 0) is 49.0 Å². The lowest BCUT2D eigenvalue weighted by Gasteiger charge is -2.32. The highest BCUT2D eigenvalue weighted by Crippen LogP contribution is 2.32. The van der Waals surface area contributed by atoms with E-state index in [0.717, 1.165) is 37.5 Å². The SMILES string of the molecule is CN1CCN(C(=O)c2ccc(C(=O)NCc3ccc4c(c3)OCO4)cc2)CC1. The topological polar surface area (TPSA) is 71.1 Å². The number of carbonyl (C=O) groups is 2. The van der Waals surface area contributed by atoms with Crippen molar-refractivity contribution in [2.24, 2.45) is 0 Å². The number of hydrogen-bond donors (Lipinski definition) is 1. The largest absolute Gasteiger partial charge is 0.454 e. The maximum atomic E-state index is 12.6. The van der Waals surface area contributed by atoms with Gasteiger partial charge in [-0.15, -0.1) is 0 Å². The molecule has 0 radical (unpaired) electrons. The molecule has 0 spiro atoms. The number of nitrogens with zero attached hydrogens (tertiary/aromatic N) is 2. The van der Waals surface area contributed by atoms with E-state index >= 15 is 0 Å². The normalized spacial score (nSPS) is 16.1. The van der Waals surface area contributed by atoms with Gasteiger partial charge in [0.05, 0.1) is 0 Å². The second kappa shape index (κ2) is 7.90. The van der Waals surface area contributed by atoms with Crippen molar-refractivity contribution < 1.29 is 19.1 Å². The number of fused-ring (bicyclic) bond motifs is 1. The van der Waals surface area contributed by atoms with Gasteiger partial charge in [0, 0.05) is 43.9 Å². The Balaban J connectivity index is 1.34. The number of piperazine rings is 1. The van der Waals surface area contributed by atoms with Crippen molar-refractivity contribution >= 4 is 11.8 Å². The van der Waals surface area contributed by atoms with Crippen molar-refractivity contribution in [3.8, 4) is 11.5 Å². The maximum absolute atomic E-state index is 12.6. The number of carbonyl (C=O) groups excluding carboxylic acids is 2. The molecule has 1 saturated heterocycles. The van der Waals surface area contributed by atoms with Gasteiger partial charge < -0.3 is 24.6 Å². The second-order valence-electron chi connectivity index (χ2n) is 7.04. The van der Waals surface area contributed by atoms with Crippen LogP contribution in [0.3, 0.4) is 0 Å². The van der Waals surface area contributed by atoms with E-state index in [1.165, 1.54) is 0 Å². The summed E-state index contributed by atoms with van der Waals surface area (Å²) < 4.78 is 10.6. The zero-order valence-electron chi connectivity index (χ0n) is 15.8. The summed E-state index contributed by atoms with van der Waals surface area (Å²) in [6.07, 6.45) is 0. The van der Waals surface area contributed by atoms with Gasteiger partial charge in [-0.3, -0.25) is 9.59 Å². The van der Waals surface area contributed by atoms with Crippen LogP contribution in [0.1, 0.15) is 26.3 Å². The third kappa shape index (κ3) is 3.94. The van der Waals surface area contributed by atoms with Gasteiger partial charge in [0.1, 0.15) is 0 Å². The number of ether oxygens (including phenoxy) is 2. The summed E-state index contributed by atoms with van der Waals surface area (Å²) in [4.78, 5) is 29.0. The minimum absolute atomic E-state index is 0.0143. The summed E-state index contributed by atoms with van der Waals surface area (Å²) in [6.45, 7) is 3.83. The number of benzene rings is 2. The summed E-state index contributed by atoms with van der Waals surface area (Å²) >= 11 is 0. The molecule has 146 valence electrons. The van der Waals surface area contributed by atoms with E-state index in [9.17, 15) is 9.59 Å². The minimum Gasteiger partial charge on any atom is -0.454 e. The third-order valence-electron chi connectivity index (χ3n) is 5.07. The van der Waals surface area contributed by atoms with E-state index in [-0.39, 0.29) is 18.6 Å². The van der Waals surface area contributed by atoms with Crippen molar-refractivity contribution in [2.75, 3.05) is 40.0 Å². The molecule has 7 heteroatoms. The van der Waals surface area contributed by atoms with Crippen LogP contribution in [-0.4, -0.2) is 61.6 Å². The van der Waals surface area contributed by atoms with Crippen LogP contribution in [-0.2, 0) is 6.54 Å². The highest BCUT2D eigenvalue weighted by atomic mass is 16.7. The molecule has 2 aromatic carbocycles. The highest BCUT2D eigenvalue weighted by molar-refractivity contribution is 5.97. The molecule has 0 bridgehead atoms. The summed E-state index contributed by atoms with van der Waals surface area (Å²) in [5.74, 6) is 1.24. The Kier molecular flexibility index (Phi) is 5.16. The zero-order valence-corrected chi connectivity index (χ0v) is 15.8. The molecule has 2 heterocycles. The van der Waals surface area contributed by atoms with Gasteiger partial charge >= 0.3 is 0 Å². The van der Waals surface area contributed by atoms with Crippen LogP contribution in [0.15, 0.2) is 42.5 Å². The Morgan fingerprint density at radius 1 is 0.929 bits per heavy atom. The quantitative estimate of drug-likeness (QED) is 0.874. The van der Waals surface area contributed by atoms with Gasteiger partial charge in [0.2, 0.25) is 6.79 Å². The van der Waals surface area contributed by atoms with Crippen LogP contribution in [0, 0.1) is 0 Å². The molecule has 2 aromatic rings. The average molecular weight is 381 g/mol. The molecule has 2 aliphatic heterocycles. The first-order valence-corrected chi connectivity index (χ1v) is 9.35. The van der Waals surface area contributed by atoms with E-state index < -0.39 is 0 Å². The standard InChI is InChI=1S/C21H23N3O4/c1-23-8-10-24(11-9-23)21(26)17-5-3-16(4-6-17)20(25)22-13-15-2-7-18-19(12-15)28-14-27-18/h2-7,12H,8-11,13-14H2,1H3,(H,22,25). The Labute approximate surface area is 163 Å². The van der Waals surface area contributed by atoms with E-state index in [2.05, 4.69) is 17.3 Å². The molecule has 0 saturated carbocycles. The number of nitrogens with one attached hydrogen (secondary N) is 1. The maximum Gasteiger partial charge on any atom is 0.253 e. The molecule has 0 aliphatic carbocycles. The average Bonchev–Trinajstić information content (AvgIpc) is 3.20. The van der Waals surface area contributed by atoms with Crippen molar-refractivity contribution in [3.05, 3.63) is 59.2 Å². The van der Waals surface area contributed by atoms with Crippen LogP contribution in [0.2, 0.25) is 0 Å². The summed E-state index contributed by atoms with van der Waals surface area (Å²) in [6, 6.07) is 12.4. The Bertz CT molecular complexity index is 874. The zero-order chi connectivity index (χ0) is 19.5. The number of likely N-dealkylation sites (N-methyl/N-ethyl adjacent to an activating group) is 1. The smallest absolute Gasteiger partial charge is 0.253 e. The fourth-order valence-electron chi connectivity index (χ4n) is 3.29. The molecule has 2 aliphatic rings. The number of rotatable bonds is 4. The van der Waals surface area contributed by atoms with E-state index in [4.69, 9.17) is 9.47 Å². The van der Waals surface area contributed by atoms with Crippen LogP contribution in [0.4, 0.5) is 0 Å². The van der Waals surface area contributed by atoms with Crippen molar-refractivity contribution in [1.82, 2.24) is 15.1 Å². The third-order valence-corrected chi connectivity index (χ3v) is 5.07. The van der Waals surface area contributed by atoms with Gasteiger partial charge in [-0.25, -0.2) is 0 Å². The fraction of sp³-hybridized carbons (Fsp3) is 0.333. The molecule has 1 fully saturated rings. The van der Waals surface area contributed by atoms with Crippen LogP contribution < -0.4 is 14.8 Å². The lowest BCUT2D eigenvalue weighted by atomic mass is 10.1. The molecule has 4 rings (SSSR count). The summed E-state index contributed by atoms with van der Waals surface area (Å²) in [5, 5.41) is 2.89. The Morgan fingerprint density at radius 3 is 2.36 bits per heavy atom. The lowest BCUT2D eigenvalue weighted by molar-refractivity contribution is 0.0663.